The quantitative estimate of drug-likeness (QED) is 0.846. The van der Waals surface area contributed by atoms with E-state index in [0.717, 1.165) is 45.6 Å². The average molecular weight is 330 g/mol. The predicted molar refractivity (Wildman–Crippen MR) is 96.8 cm³/mol. The first-order valence-electron chi connectivity index (χ1n) is 8.47. The zero-order chi connectivity index (χ0) is 15.9. The summed E-state index contributed by atoms with van der Waals surface area (Å²) < 4.78 is 0. The van der Waals surface area contributed by atoms with Gasteiger partial charge in [-0.2, -0.15) is 11.3 Å². The zero-order valence-corrected chi connectivity index (χ0v) is 14.4. The van der Waals surface area contributed by atoms with E-state index in [-0.39, 0.29) is 6.61 Å². The number of rotatable bonds is 7. The van der Waals surface area contributed by atoms with E-state index in [1.54, 1.807) is 11.3 Å². The topological polar surface area (TPSA) is 26.7 Å². The van der Waals surface area contributed by atoms with Crippen LogP contribution in [0.5, 0.6) is 0 Å². The highest BCUT2D eigenvalue weighted by molar-refractivity contribution is 7.07. The molecule has 23 heavy (non-hydrogen) atoms. The summed E-state index contributed by atoms with van der Waals surface area (Å²) in [5.74, 6) is 0. The number of benzene rings is 1. The van der Waals surface area contributed by atoms with Crippen LogP contribution in [-0.4, -0.2) is 53.7 Å². The minimum atomic E-state index is 0.275. The predicted octanol–water partition coefficient (Wildman–Crippen LogP) is 2.86. The van der Waals surface area contributed by atoms with Crippen LogP contribution >= 0.6 is 11.3 Å². The standard InChI is InChI=1S/C19H26N2OS/c22-12-7-19-15-20(9-6-17-4-2-1-3-5-17)10-11-21(19)14-18-8-13-23-16-18/h1-5,8,13,16,19,22H,6-7,9-12,14-15H2/t19-/m0/s1. The van der Waals surface area contributed by atoms with Crippen molar-refractivity contribution in [2.45, 2.75) is 25.4 Å². The molecule has 0 aliphatic carbocycles. The highest BCUT2D eigenvalue weighted by Gasteiger charge is 2.26. The minimum Gasteiger partial charge on any atom is -0.396 e. The molecular weight excluding hydrogens is 304 g/mol. The average Bonchev–Trinajstić information content (AvgIpc) is 3.09. The maximum absolute atomic E-state index is 9.41. The summed E-state index contributed by atoms with van der Waals surface area (Å²) >= 11 is 1.76. The normalized spacial score (nSPS) is 20.0. The zero-order valence-electron chi connectivity index (χ0n) is 13.6. The van der Waals surface area contributed by atoms with Gasteiger partial charge in [0.05, 0.1) is 0 Å². The molecular formula is C19H26N2OS. The first kappa shape index (κ1) is 16.7. The maximum atomic E-state index is 9.41. The molecule has 1 saturated heterocycles. The number of aliphatic hydroxyl groups is 1. The lowest BCUT2D eigenvalue weighted by atomic mass is 10.1. The summed E-state index contributed by atoms with van der Waals surface area (Å²) in [6.07, 6.45) is 1.98. The van der Waals surface area contributed by atoms with Gasteiger partial charge >= 0.3 is 0 Å². The smallest absolute Gasteiger partial charge is 0.0446 e. The number of hydrogen-bond donors (Lipinski definition) is 1. The summed E-state index contributed by atoms with van der Waals surface area (Å²) in [4.78, 5) is 5.09. The van der Waals surface area contributed by atoms with Crippen LogP contribution in [0.2, 0.25) is 0 Å². The Morgan fingerprint density at radius 3 is 2.70 bits per heavy atom. The Morgan fingerprint density at radius 1 is 1.09 bits per heavy atom. The van der Waals surface area contributed by atoms with Crippen molar-refractivity contribution in [1.29, 1.82) is 0 Å². The molecule has 1 aliphatic rings. The molecule has 0 bridgehead atoms. The monoisotopic (exact) mass is 330 g/mol. The molecule has 1 aromatic heterocycles. The first-order chi connectivity index (χ1) is 11.3. The van der Waals surface area contributed by atoms with Gasteiger partial charge in [0.1, 0.15) is 0 Å². The third-order valence-corrected chi connectivity index (χ3v) is 5.41. The van der Waals surface area contributed by atoms with Crippen LogP contribution in [0, 0.1) is 0 Å². The van der Waals surface area contributed by atoms with Crippen LogP contribution < -0.4 is 0 Å². The number of aliphatic hydroxyl groups excluding tert-OH is 1. The highest BCUT2D eigenvalue weighted by atomic mass is 32.1. The van der Waals surface area contributed by atoms with Crippen molar-refractivity contribution in [3.8, 4) is 0 Å². The van der Waals surface area contributed by atoms with Crippen LogP contribution in [0.25, 0.3) is 0 Å². The Hall–Kier alpha value is -1.20. The van der Waals surface area contributed by atoms with Crippen molar-refractivity contribution < 1.29 is 5.11 Å². The minimum absolute atomic E-state index is 0.275. The Morgan fingerprint density at radius 2 is 1.96 bits per heavy atom. The third-order valence-electron chi connectivity index (χ3n) is 4.68. The van der Waals surface area contributed by atoms with Gasteiger partial charge in [-0.15, -0.1) is 0 Å². The molecule has 0 saturated carbocycles. The van der Waals surface area contributed by atoms with Gasteiger partial charge in [0.2, 0.25) is 0 Å². The van der Waals surface area contributed by atoms with Gasteiger partial charge in [-0.05, 0) is 40.8 Å². The van der Waals surface area contributed by atoms with E-state index in [1.165, 1.54) is 11.1 Å². The van der Waals surface area contributed by atoms with E-state index in [0.29, 0.717) is 6.04 Å². The summed E-state index contributed by atoms with van der Waals surface area (Å²) in [6.45, 7) is 5.68. The summed E-state index contributed by atoms with van der Waals surface area (Å²) in [5, 5.41) is 13.8. The van der Waals surface area contributed by atoms with E-state index >= 15 is 0 Å². The van der Waals surface area contributed by atoms with E-state index in [2.05, 4.69) is 57.0 Å². The van der Waals surface area contributed by atoms with Crippen LogP contribution in [0.3, 0.4) is 0 Å². The fraction of sp³-hybridized carbons (Fsp3) is 0.474. The van der Waals surface area contributed by atoms with E-state index in [9.17, 15) is 5.11 Å². The van der Waals surface area contributed by atoms with Crippen molar-refractivity contribution in [3.05, 3.63) is 58.3 Å². The van der Waals surface area contributed by atoms with Crippen LogP contribution in [0.4, 0.5) is 0 Å². The molecule has 1 aromatic carbocycles. The van der Waals surface area contributed by atoms with E-state index in [4.69, 9.17) is 0 Å². The number of hydrogen-bond acceptors (Lipinski definition) is 4. The van der Waals surface area contributed by atoms with Gasteiger partial charge in [-0.25, -0.2) is 0 Å². The Labute approximate surface area is 143 Å². The molecule has 124 valence electrons. The van der Waals surface area contributed by atoms with Gasteiger partial charge < -0.3 is 10.0 Å². The molecule has 0 amide bonds. The fourth-order valence-electron chi connectivity index (χ4n) is 3.34. The molecule has 2 heterocycles. The second kappa shape index (κ2) is 8.60. The number of piperazine rings is 1. The molecule has 2 aromatic rings. The Bertz CT molecular complexity index is 558. The molecule has 3 rings (SSSR count). The summed E-state index contributed by atoms with van der Waals surface area (Å²) in [6, 6.07) is 13.4. The SMILES string of the molecule is OCC[C@H]1CN(CCc2ccccc2)CCN1Cc1ccsc1. The highest BCUT2D eigenvalue weighted by Crippen LogP contribution is 2.18. The van der Waals surface area contributed by atoms with Crippen LogP contribution in [0.1, 0.15) is 17.5 Å². The second-order valence-electron chi connectivity index (χ2n) is 6.30. The summed E-state index contributed by atoms with van der Waals surface area (Å²) in [7, 11) is 0. The van der Waals surface area contributed by atoms with Gasteiger partial charge in [0.15, 0.2) is 0 Å². The summed E-state index contributed by atoms with van der Waals surface area (Å²) in [5.41, 5.74) is 2.81. The van der Waals surface area contributed by atoms with E-state index in [1.807, 2.05) is 0 Å². The maximum Gasteiger partial charge on any atom is 0.0446 e. The molecule has 0 unspecified atom stereocenters. The molecule has 0 radical (unpaired) electrons. The Kier molecular flexibility index (Phi) is 6.22. The lowest BCUT2D eigenvalue weighted by molar-refractivity contribution is 0.0544. The van der Waals surface area contributed by atoms with Gasteiger partial charge in [0.25, 0.3) is 0 Å². The van der Waals surface area contributed by atoms with Gasteiger partial charge in [0, 0.05) is 45.4 Å². The Balaban J connectivity index is 1.53. The molecule has 1 atom stereocenters. The molecule has 1 N–H and O–H groups in total. The lowest BCUT2D eigenvalue weighted by Crippen LogP contribution is -2.53. The largest absolute Gasteiger partial charge is 0.396 e. The van der Waals surface area contributed by atoms with E-state index < -0.39 is 0 Å². The third kappa shape index (κ3) is 4.88. The van der Waals surface area contributed by atoms with Crippen molar-refractivity contribution in [3.63, 3.8) is 0 Å². The molecule has 4 heteroatoms. The van der Waals surface area contributed by atoms with Crippen molar-refractivity contribution >= 4 is 11.3 Å². The van der Waals surface area contributed by atoms with Crippen LogP contribution in [-0.2, 0) is 13.0 Å². The van der Waals surface area contributed by atoms with Crippen molar-refractivity contribution in [2.24, 2.45) is 0 Å². The molecule has 1 aliphatic heterocycles. The van der Waals surface area contributed by atoms with Gasteiger partial charge in [-0.3, -0.25) is 4.90 Å². The molecule has 1 fully saturated rings. The van der Waals surface area contributed by atoms with Gasteiger partial charge in [-0.1, -0.05) is 30.3 Å². The first-order valence-corrected chi connectivity index (χ1v) is 9.41. The van der Waals surface area contributed by atoms with Crippen LogP contribution in [0.15, 0.2) is 47.2 Å². The second-order valence-corrected chi connectivity index (χ2v) is 7.08. The van der Waals surface area contributed by atoms with Crippen molar-refractivity contribution in [1.82, 2.24) is 9.80 Å². The van der Waals surface area contributed by atoms with Crippen molar-refractivity contribution in [2.75, 3.05) is 32.8 Å². The fourth-order valence-corrected chi connectivity index (χ4v) is 4.00. The number of thiophene rings is 1. The lowest BCUT2D eigenvalue weighted by Gasteiger charge is -2.41. The number of nitrogens with zero attached hydrogens (tertiary/aromatic N) is 2. The molecule has 3 nitrogen and oxygen atoms in total. The molecule has 0 spiro atoms.